The second kappa shape index (κ2) is 8.56. The highest BCUT2D eigenvalue weighted by atomic mass is 32.2. The summed E-state index contributed by atoms with van der Waals surface area (Å²) >= 11 is 1.65. The Balaban J connectivity index is 2.42. The lowest BCUT2D eigenvalue weighted by Gasteiger charge is -2.34. The van der Waals surface area contributed by atoms with Gasteiger partial charge in [-0.25, -0.2) is 4.98 Å². The van der Waals surface area contributed by atoms with Crippen LogP contribution in [-0.4, -0.2) is 26.9 Å². The molecule has 0 radical (unpaired) electrons. The lowest BCUT2D eigenvalue weighted by molar-refractivity contribution is -0.136. The number of aryl methyl sites for hydroxylation is 1. The Morgan fingerprint density at radius 3 is 2.60 bits per heavy atom. The molecule has 0 spiro atoms. The Labute approximate surface area is 183 Å². The SMILES string of the molecule is C=C(C)/C=C\C(=C/C)c1c(C)c2c(c(C)c1CC(=O)O)N(SC)Cc1c-2ncn1C. The van der Waals surface area contributed by atoms with Crippen LogP contribution in [0.4, 0.5) is 5.69 Å². The van der Waals surface area contributed by atoms with Gasteiger partial charge in [-0.15, -0.1) is 0 Å². The zero-order valence-corrected chi connectivity index (χ0v) is 19.4. The van der Waals surface area contributed by atoms with Crippen LogP contribution in [0.15, 0.2) is 36.7 Å². The molecule has 1 N–H and O–H groups in total. The van der Waals surface area contributed by atoms with Gasteiger partial charge in [-0.05, 0) is 55.5 Å². The number of hydrogen-bond donors (Lipinski definition) is 1. The van der Waals surface area contributed by atoms with E-state index in [2.05, 4.69) is 28.6 Å². The average Bonchev–Trinajstić information content (AvgIpc) is 3.06. The van der Waals surface area contributed by atoms with Crippen molar-refractivity contribution >= 4 is 29.2 Å². The number of nitrogens with zero attached hydrogens (tertiary/aromatic N) is 3. The molecule has 0 saturated heterocycles. The maximum atomic E-state index is 11.8. The highest BCUT2D eigenvalue weighted by Crippen LogP contribution is 2.48. The van der Waals surface area contributed by atoms with Gasteiger partial charge in [0.1, 0.15) is 0 Å². The molecule has 0 fully saturated rings. The number of carbonyl (C=O) groups is 1. The van der Waals surface area contributed by atoms with Crippen molar-refractivity contribution < 1.29 is 9.90 Å². The van der Waals surface area contributed by atoms with Crippen molar-refractivity contribution in [3.8, 4) is 11.3 Å². The Hall–Kier alpha value is -2.73. The smallest absolute Gasteiger partial charge is 0.307 e. The predicted octanol–water partition coefficient (Wildman–Crippen LogP) is 5.46. The topological polar surface area (TPSA) is 58.4 Å². The van der Waals surface area contributed by atoms with E-state index in [-0.39, 0.29) is 6.42 Å². The van der Waals surface area contributed by atoms with E-state index in [4.69, 9.17) is 4.98 Å². The normalized spacial score (nSPS) is 13.5. The molecule has 0 saturated carbocycles. The first-order valence-corrected chi connectivity index (χ1v) is 11.1. The molecule has 1 aliphatic heterocycles. The van der Waals surface area contributed by atoms with Crippen LogP contribution in [0, 0.1) is 13.8 Å². The summed E-state index contributed by atoms with van der Waals surface area (Å²) < 4.78 is 4.31. The predicted molar refractivity (Wildman–Crippen MR) is 127 cm³/mol. The van der Waals surface area contributed by atoms with Gasteiger partial charge in [0.25, 0.3) is 0 Å². The molecule has 1 aromatic heterocycles. The van der Waals surface area contributed by atoms with Crippen LogP contribution in [0.25, 0.3) is 16.8 Å². The quantitative estimate of drug-likeness (QED) is 0.493. The van der Waals surface area contributed by atoms with Crippen molar-refractivity contribution in [2.45, 2.75) is 40.7 Å². The van der Waals surface area contributed by atoms with Gasteiger partial charge in [0, 0.05) is 18.9 Å². The van der Waals surface area contributed by atoms with Gasteiger partial charge in [-0.3, -0.25) is 4.79 Å². The summed E-state index contributed by atoms with van der Waals surface area (Å²) in [6.07, 6.45) is 9.91. The number of fused-ring (bicyclic) bond motifs is 3. The largest absolute Gasteiger partial charge is 0.481 e. The number of imidazole rings is 1. The number of rotatable bonds is 6. The van der Waals surface area contributed by atoms with Crippen LogP contribution in [-0.2, 0) is 24.8 Å². The first-order chi connectivity index (χ1) is 14.2. The van der Waals surface area contributed by atoms with Crippen LogP contribution in [0.3, 0.4) is 0 Å². The minimum absolute atomic E-state index is 0.0230. The van der Waals surface area contributed by atoms with E-state index in [0.29, 0.717) is 0 Å². The molecule has 2 aromatic rings. The molecular weight excluding hydrogens is 394 g/mol. The summed E-state index contributed by atoms with van der Waals surface area (Å²) in [4.78, 5) is 16.5. The molecule has 0 atom stereocenters. The number of aliphatic carboxylic acids is 1. The minimum atomic E-state index is -0.830. The van der Waals surface area contributed by atoms with Gasteiger partial charge < -0.3 is 14.0 Å². The van der Waals surface area contributed by atoms with Crippen LogP contribution >= 0.6 is 11.9 Å². The minimum Gasteiger partial charge on any atom is -0.481 e. The van der Waals surface area contributed by atoms with Crippen LogP contribution in [0.5, 0.6) is 0 Å². The van der Waals surface area contributed by atoms with E-state index in [1.165, 1.54) is 0 Å². The average molecular weight is 424 g/mol. The van der Waals surface area contributed by atoms with Crippen molar-refractivity contribution in [2.75, 3.05) is 10.6 Å². The van der Waals surface area contributed by atoms with Crippen LogP contribution in [0.2, 0.25) is 0 Å². The van der Waals surface area contributed by atoms with Gasteiger partial charge >= 0.3 is 5.97 Å². The van der Waals surface area contributed by atoms with Gasteiger partial charge in [-0.1, -0.05) is 42.3 Å². The Morgan fingerprint density at radius 1 is 1.33 bits per heavy atom. The zero-order chi connectivity index (χ0) is 22.2. The lowest BCUT2D eigenvalue weighted by atomic mass is 9.82. The van der Waals surface area contributed by atoms with Crippen molar-refractivity contribution in [2.24, 2.45) is 7.05 Å². The molecule has 158 valence electrons. The maximum absolute atomic E-state index is 11.8. The number of carboxylic acids is 1. The third-order valence-electron chi connectivity index (χ3n) is 5.63. The fourth-order valence-electron chi connectivity index (χ4n) is 4.19. The van der Waals surface area contributed by atoms with Gasteiger partial charge in [0.15, 0.2) is 0 Å². The van der Waals surface area contributed by atoms with Crippen LogP contribution < -0.4 is 4.31 Å². The number of carboxylic acid groups (broad SMARTS) is 1. The highest BCUT2D eigenvalue weighted by Gasteiger charge is 2.32. The molecule has 0 unspecified atom stereocenters. The van der Waals surface area contributed by atoms with Gasteiger partial charge in [0.2, 0.25) is 0 Å². The van der Waals surface area contributed by atoms with E-state index in [1.807, 2.05) is 52.4 Å². The van der Waals surface area contributed by atoms with E-state index in [1.54, 1.807) is 11.9 Å². The van der Waals surface area contributed by atoms with Crippen LogP contribution in [0.1, 0.15) is 41.8 Å². The lowest BCUT2D eigenvalue weighted by Crippen LogP contribution is -2.24. The third-order valence-corrected chi connectivity index (χ3v) is 6.38. The van der Waals surface area contributed by atoms with Gasteiger partial charge in [0.05, 0.1) is 36.4 Å². The number of aromatic nitrogens is 2. The van der Waals surface area contributed by atoms with E-state index >= 15 is 0 Å². The molecular formula is C24H29N3O2S. The number of benzene rings is 1. The summed E-state index contributed by atoms with van der Waals surface area (Å²) in [7, 11) is 2.02. The highest BCUT2D eigenvalue weighted by molar-refractivity contribution is 7.99. The third kappa shape index (κ3) is 3.72. The molecule has 1 aliphatic rings. The molecule has 0 amide bonds. The van der Waals surface area contributed by atoms with Crippen molar-refractivity contribution in [1.29, 1.82) is 0 Å². The first kappa shape index (κ1) is 22.0. The Morgan fingerprint density at radius 2 is 2.03 bits per heavy atom. The molecule has 1 aromatic carbocycles. The van der Waals surface area contributed by atoms with E-state index < -0.39 is 5.97 Å². The first-order valence-electron chi connectivity index (χ1n) is 9.91. The van der Waals surface area contributed by atoms with Crippen molar-refractivity contribution in [3.05, 3.63) is 64.7 Å². The molecule has 5 nitrogen and oxygen atoms in total. The molecule has 2 heterocycles. The number of anilines is 1. The second-order valence-electron chi connectivity index (χ2n) is 7.69. The monoisotopic (exact) mass is 423 g/mol. The number of hydrogen-bond acceptors (Lipinski definition) is 4. The molecule has 6 heteroatoms. The zero-order valence-electron chi connectivity index (χ0n) is 18.5. The molecule has 0 bridgehead atoms. The Bertz CT molecular complexity index is 1090. The van der Waals surface area contributed by atoms with Crippen molar-refractivity contribution in [1.82, 2.24) is 9.55 Å². The Kier molecular flexibility index (Phi) is 6.27. The van der Waals surface area contributed by atoms with Gasteiger partial charge in [-0.2, -0.15) is 0 Å². The van der Waals surface area contributed by atoms with E-state index in [9.17, 15) is 9.90 Å². The summed E-state index contributed by atoms with van der Waals surface area (Å²) in [5.74, 6) is -0.830. The summed E-state index contributed by atoms with van der Waals surface area (Å²) in [5.41, 5.74) is 10.2. The maximum Gasteiger partial charge on any atom is 0.307 e. The van der Waals surface area contributed by atoms with E-state index in [0.717, 1.165) is 62.6 Å². The number of allylic oxidation sites excluding steroid dienone is 5. The fraction of sp³-hybridized carbons (Fsp3) is 0.333. The molecule has 0 aliphatic carbocycles. The standard InChI is InChI=1S/C24H29N3O2S/c1-8-17(10-9-14(2)3)21-16(5)22-23-19(26(6)13-25-23)12-27(30-7)24(22)15(4)18(21)11-20(28)29/h8-10,13H,2,11-12H2,1,3-7H3,(H,28,29)/b10-9-,17-8+. The summed E-state index contributed by atoms with van der Waals surface area (Å²) in [6, 6.07) is 0. The molecule has 30 heavy (non-hydrogen) atoms. The summed E-state index contributed by atoms with van der Waals surface area (Å²) in [5, 5.41) is 9.68. The summed E-state index contributed by atoms with van der Waals surface area (Å²) in [6.45, 7) is 12.7. The second-order valence-corrected chi connectivity index (χ2v) is 8.50. The fourth-order valence-corrected chi connectivity index (χ4v) is 4.85. The molecule has 3 rings (SSSR count). The van der Waals surface area contributed by atoms with Crippen molar-refractivity contribution in [3.63, 3.8) is 0 Å².